The van der Waals surface area contributed by atoms with E-state index in [0.29, 0.717) is 0 Å². The second-order valence-electron chi connectivity index (χ2n) is 11.2. The molecule has 0 saturated carbocycles. The molecular formula is C41H26N2O. The lowest BCUT2D eigenvalue weighted by atomic mass is 9.96. The lowest BCUT2D eigenvalue weighted by molar-refractivity contribution is 0.668. The number of fused-ring (bicyclic) bond motifs is 8. The number of nitrogens with zero attached hydrogens (tertiary/aromatic N) is 2. The van der Waals surface area contributed by atoms with Crippen LogP contribution in [0.4, 0.5) is 17.1 Å². The van der Waals surface area contributed by atoms with E-state index in [2.05, 4.69) is 143 Å². The number of benzene rings is 7. The van der Waals surface area contributed by atoms with Crippen molar-refractivity contribution in [3.05, 3.63) is 158 Å². The third-order valence-electron chi connectivity index (χ3n) is 8.71. The molecule has 0 bridgehead atoms. The molecule has 0 amide bonds. The van der Waals surface area contributed by atoms with E-state index in [9.17, 15) is 0 Å². The van der Waals surface area contributed by atoms with Gasteiger partial charge in [-0.25, -0.2) is 0 Å². The molecule has 0 unspecified atom stereocenters. The van der Waals surface area contributed by atoms with Gasteiger partial charge in [0.05, 0.1) is 11.1 Å². The largest absolute Gasteiger partial charge is 0.456 e. The number of aromatic nitrogens is 1. The molecule has 0 atom stereocenters. The smallest absolute Gasteiger partial charge is 0.138 e. The van der Waals surface area contributed by atoms with Crippen molar-refractivity contribution in [2.75, 3.05) is 4.90 Å². The summed E-state index contributed by atoms with van der Waals surface area (Å²) in [6, 6.07) is 51.9. The van der Waals surface area contributed by atoms with Crippen molar-refractivity contribution in [1.29, 1.82) is 0 Å². The molecule has 3 nitrogen and oxygen atoms in total. The summed E-state index contributed by atoms with van der Waals surface area (Å²) in [4.78, 5) is 6.78. The Morgan fingerprint density at radius 2 is 1.18 bits per heavy atom. The van der Waals surface area contributed by atoms with Gasteiger partial charge in [0.15, 0.2) is 0 Å². The van der Waals surface area contributed by atoms with Crippen LogP contribution in [-0.4, -0.2) is 4.98 Å². The van der Waals surface area contributed by atoms with Crippen LogP contribution in [0.25, 0.3) is 65.4 Å². The second kappa shape index (κ2) is 9.82. The fourth-order valence-electron chi connectivity index (χ4n) is 6.66. The first-order valence-electron chi connectivity index (χ1n) is 14.9. The van der Waals surface area contributed by atoms with E-state index in [1.165, 1.54) is 43.4 Å². The summed E-state index contributed by atoms with van der Waals surface area (Å²) in [5.74, 6) is 0. The maximum Gasteiger partial charge on any atom is 0.138 e. The van der Waals surface area contributed by atoms with E-state index >= 15 is 0 Å². The van der Waals surface area contributed by atoms with Crippen LogP contribution in [0.3, 0.4) is 0 Å². The monoisotopic (exact) mass is 562 g/mol. The minimum absolute atomic E-state index is 0.832. The number of anilines is 3. The van der Waals surface area contributed by atoms with Crippen molar-refractivity contribution < 1.29 is 4.42 Å². The Morgan fingerprint density at radius 3 is 2.07 bits per heavy atom. The van der Waals surface area contributed by atoms with Crippen LogP contribution in [-0.2, 0) is 0 Å². The van der Waals surface area contributed by atoms with Crippen LogP contribution in [0.1, 0.15) is 0 Å². The molecule has 0 aliphatic rings. The lowest BCUT2D eigenvalue weighted by Gasteiger charge is -2.27. The molecule has 2 aromatic heterocycles. The number of pyridine rings is 1. The first-order chi connectivity index (χ1) is 21.8. The fraction of sp³-hybridized carbons (Fsp3) is 0. The Kier molecular flexibility index (Phi) is 5.50. The normalized spacial score (nSPS) is 11.6. The zero-order chi connectivity index (χ0) is 29.0. The summed E-state index contributed by atoms with van der Waals surface area (Å²) < 4.78 is 6.28. The number of furan rings is 1. The van der Waals surface area contributed by atoms with Crippen LogP contribution in [0.5, 0.6) is 0 Å². The van der Waals surface area contributed by atoms with Gasteiger partial charge in [0.2, 0.25) is 0 Å². The lowest BCUT2D eigenvalue weighted by Crippen LogP contribution is -2.10. The van der Waals surface area contributed by atoms with E-state index in [4.69, 9.17) is 4.42 Å². The molecule has 0 fully saturated rings. The predicted octanol–water partition coefficient (Wildman–Crippen LogP) is 11.6. The SMILES string of the molecule is c1ccc(-c2ccc(N(c3ccc4c(ccc5ccc6ccccc6c54)c3)c3cccc4oc5ccncc5c34)cc2)cc1. The molecule has 0 spiro atoms. The van der Waals surface area contributed by atoms with Crippen LogP contribution in [0.2, 0.25) is 0 Å². The number of hydrogen-bond acceptors (Lipinski definition) is 3. The zero-order valence-electron chi connectivity index (χ0n) is 23.8. The summed E-state index contributed by atoms with van der Waals surface area (Å²) in [6.45, 7) is 0. The van der Waals surface area contributed by atoms with E-state index in [1.54, 1.807) is 6.20 Å². The van der Waals surface area contributed by atoms with E-state index in [0.717, 1.165) is 39.0 Å². The van der Waals surface area contributed by atoms with Crippen molar-refractivity contribution in [1.82, 2.24) is 4.98 Å². The van der Waals surface area contributed by atoms with Crippen molar-refractivity contribution in [2.45, 2.75) is 0 Å². The van der Waals surface area contributed by atoms with Gasteiger partial charge >= 0.3 is 0 Å². The van der Waals surface area contributed by atoms with Gasteiger partial charge < -0.3 is 9.32 Å². The standard InChI is InChI=1S/C41H26N2O/c1-2-7-27(8-3-1)28-17-19-32(20-18-28)43(37-11-6-12-39-41(37)36-26-42-24-23-38(36)44-39)33-21-22-35-31(25-33)16-15-30-14-13-29-9-4-5-10-34(29)40(30)35/h1-26H. The Balaban J connectivity index is 1.29. The Hall–Kier alpha value is -5.93. The van der Waals surface area contributed by atoms with Crippen molar-refractivity contribution >= 4 is 71.3 Å². The summed E-state index contributed by atoms with van der Waals surface area (Å²) >= 11 is 0. The molecule has 0 aliphatic carbocycles. The average Bonchev–Trinajstić information content (AvgIpc) is 3.48. The van der Waals surface area contributed by atoms with Gasteiger partial charge in [0.1, 0.15) is 11.2 Å². The Labute approximate surface area is 254 Å². The fourth-order valence-corrected chi connectivity index (χ4v) is 6.66. The van der Waals surface area contributed by atoms with Crippen molar-refractivity contribution in [2.24, 2.45) is 0 Å². The van der Waals surface area contributed by atoms with Gasteiger partial charge in [0.25, 0.3) is 0 Å². The highest BCUT2D eigenvalue weighted by Crippen LogP contribution is 2.44. The quantitative estimate of drug-likeness (QED) is 0.200. The minimum Gasteiger partial charge on any atom is -0.456 e. The molecule has 0 aliphatic heterocycles. The highest BCUT2D eigenvalue weighted by Gasteiger charge is 2.20. The van der Waals surface area contributed by atoms with Crippen LogP contribution >= 0.6 is 0 Å². The predicted molar refractivity (Wildman–Crippen MR) is 184 cm³/mol. The van der Waals surface area contributed by atoms with Gasteiger partial charge in [-0.05, 0) is 85.9 Å². The van der Waals surface area contributed by atoms with Gasteiger partial charge in [-0.1, -0.05) is 103 Å². The molecular weight excluding hydrogens is 536 g/mol. The van der Waals surface area contributed by atoms with E-state index < -0.39 is 0 Å². The van der Waals surface area contributed by atoms with Gasteiger partial charge in [-0.2, -0.15) is 0 Å². The third-order valence-corrected chi connectivity index (χ3v) is 8.71. The molecule has 9 aromatic rings. The Bertz CT molecular complexity index is 2490. The molecule has 7 aromatic carbocycles. The highest BCUT2D eigenvalue weighted by atomic mass is 16.3. The minimum atomic E-state index is 0.832. The first-order valence-corrected chi connectivity index (χ1v) is 14.9. The number of rotatable bonds is 4. The molecule has 0 N–H and O–H groups in total. The van der Waals surface area contributed by atoms with Gasteiger partial charge in [0, 0.05) is 29.2 Å². The molecule has 44 heavy (non-hydrogen) atoms. The molecule has 206 valence electrons. The third kappa shape index (κ3) is 3.87. The summed E-state index contributed by atoms with van der Waals surface area (Å²) in [6.07, 6.45) is 3.68. The van der Waals surface area contributed by atoms with Crippen molar-refractivity contribution in [3.63, 3.8) is 0 Å². The second-order valence-corrected chi connectivity index (χ2v) is 11.2. The molecule has 0 radical (unpaired) electrons. The average molecular weight is 563 g/mol. The van der Waals surface area contributed by atoms with Crippen molar-refractivity contribution in [3.8, 4) is 11.1 Å². The van der Waals surface area contributed by atoms with E-state index in [-0.39, 0.29) is 0 Å². The molecule has 9 rings (SSSR count). The molecule has 2 heterocycles. The summed E-state index contributed by atoms with van der Waals surface area (Å²) in [5, 5.41) is 9.57. The van der Waals surface area contributed by atoms with Crippen LogP contribution < -0.4 is 4.90 Å². The van der Waals surface area contributed by atoms with Gasteiger partial charge in [-0.15, -0.1) is 0 Å². The number of hydrogen-bond donors (Lipinski definition) is 0. The highest BCUT2D eigenvalue weighted by molar-refractivity contribution is 6.21. The summed E-state index contributed by atoms with van der Waals surface area (Å²) in [5.41, 5.74) is 7.25. The maximum absolute atomic E-state index is 6.28. The van der Waals surface area contributed by atoms with Crippen LogP contribution in [0, 0.1) is 0 Å². The maximum atomic E-state index is 6.28. The Morgan fingerprint density at radius 1 is 0.455 bits per heavy atom. The van der Waals surface area contributed by atoms with E-state index in [1.807, 2.05) is 18.3 Å². The first kappa shape index (κ1) is 24.6. The molecule has 3 heteroatoms. The van der Waals surface area contributed by atoms with Crippen LogP contribution in [0.15, 0.2) is 162 Å². The van der Waals surface area contributed by atoms with Gasteiger partial charge in [-0.3, -0.25) is 4.98 Å². The molecule has 0 saturated heterocycles. The zero-order valence-corrected chi connectivity index (χ0v) is 23.8. The summed E-state index contributed by atoms with van der Waals surface area (Å²) in [7, 11) is 0. The topological polar surface area (TPSA) is 29.3 Å².